The van der Waals surface area contributed by atoms with Crippen molar-refractivity contribution in [3.8, 4) is 0 Å². The molecule has 0 saturated carbocycles. The van der Waals surface area contributed by atoms with Gasteiger partial charge in [-0.1, -0.05) is 19.1 Å². The molecule has 2 atom stereocenters. The van der Waals surface area contributed by atoms with Crippen molar-refractivity contribution in [2.24, 2.45) is 5.73 Å². The number of carbonyl (C=O) groups excluding carboxylic acids is 1. The Hall–Kier alpha value is -1.00. The second kappa shape index (κ2) is 6.25. The van der Waals surface area contributed by atoms with Crippen LogP contribution in [0, 0.1) is 0 Å². The zero-order valence-electron chi connectivity index (χ0n) is 10.7. The van der Waals surface area contributed by atoms with E-state index in [1.54, 1.807) is 6.07 Å². The molecule has 1 heterocycles. The molecule has 2 unspecified atom stereocenters. The Labute approximate surface area is 113 Å². The van der Waals surface area contributed by atoms with E-state index in [4.69, 9.17) is 5.73 Å². The highest BCUT2D eigenvalue weighted by atomic mass is 32.2. The van der Waals surface area contributed by atoms with Gasteiger partial charge in [-0.2, -0.15) is 11.8 Å². The van der Waals surface area contributed by atoms with Gasteiger partial charge in [-0.25, -0.2) is 0 Å². The van der Waals surface area contributed by atoms with Gasteiger partial charge in [0.15, 0.2) is 0 Å². The molecule has 2 rings (SSSR count). The monoisotopic (exact) mass is 264 g/mol. The van der Waals surface area contributed by atoms with Crippen LogP contribution < -0.4 is 11.1 Å². The third-order valence-corrected chi connectivity index (χ3v) is 4.77. The molecule has 18 heavy (non-hydrogen) atoms. The van der Waals surface area contributed by atoms with Crippen LogP contribution in [0.5, 0.6) is 0 Å². The fourth-order valence-corrected chi connectivity index (χ4v) is 3.44. The molecule has 3 nitrogen and oxygen atoms in total. The van der Waals surface area contributed by atoms with Crippen molar-refractivity contribution in [2.75, 3.05) is 5.75 Å². The molecule has 1 amide bonds. The maximum absolute atomic E-state index is 11.1. The summed E-state index contributed by atoms with van der Waals surface area (Å²) in [5, 5.41) is 4.25. The van der Waals surface area contributed by atoms with E-state index in [0.717, 1.165) is 12.1 Å². The zero-order valence-corrected chi connectivity index (χ0v) is 11.5. The quantitative estimate of drug-likeness (QED) is 0.876. The van der Waals surface area contributed by atoms with Gasteiger partial charge in [0.05, 0.1) is 0 Å². The van der Waals surface area contributed by atoms with E-state index >= 15 is 0 Å². The van der Waals surface area contributed by atoms with Gasteiger partial charge in [-0.15, -0.1) is 0 Å². The number of hydrogen-bond donors (Lipinski definition) is 2. The third kappa shape index (κ3) is 3.50. The van der Waals surface area contributed by atoms with E-state index in [0.29, 0.717) is 16.9 Å². The molecule has 1 aromatic carbocycles. The third-order valence-electron chi connectivity index (χ3n) is 3.39. The number of benzene rings is 1. The van der Waals surface area contributed by atoms with Crippen LogP contribution in [0.3, 0.4) is 0 Å². The number of nitrogens with one attached hydrogen (secondary N) is 1. The number of hydrogen-bond acceptors (Lipinski definition) is 3. The van der Waals surface area contributed by atoms with Crippen LogP contribution in [0.1, 0.15) is 35.7 Å². The number of thioether (sulfide) groups is 1. The first-order valence-electron chi connectivity index (χ1n) is 6.40. The molecule has 1 aliphatic heterocycles. The molecular formula is C14H20N2OS. The van der Waals surface area contributed by atoms with Crippen LogP contribution in [-0.4, -0.2) is 23.0 Å². The lowest BCUT2D eigenvalue weighted by atomic mass is 10.1. The lowest BCUT2D eigenvalue weighted by molar-refractivity contribution is 0.1000. The molecule has 0 aliphatic carbocycles. The summed E-state index contributed by atoms with van der Waals surface area (Å²) in [6, 6.07) is 8.11. The average molecular weight is 264 g/mol. The molecular weight excluding hydrogens is 244 g/mol. The Morgan fingerprint density at radius 3 is 3.11 bits per heavy atom. The van der Waals surface area contributed by atoms with Gasteiger partial charge in [0.25, 0.3) is 0 Å². The van der Waals surface area contributed by atoms with Crippen molar-refractivity contribution in [1.82, 2.24) is 5.32 Å². The maximum Gasteiger partial charge on any atom is 0.248 e. The van der Waals surface area contributed by atoms with E-state index in [9.17, 15) is 4.79 Å². The summed E-state index contributed by atoms with van der Waals surface area (Å²) < 4.78 is 0. The van der Waals surface area contributed by atoms with Crippen LogP contribution in [0.4, 0.5) is 0 Å². The van der Waals surface area contributed by atoms with Crippen LogP contribution in [0.25, 0.3) is 0 Å². The number of rotatable bonds is 4. The molecule has 1 aliphatic rings. The largest absolute Gasteiger partial charge is 0.366 e. The van der Waals surface area contributed by atoms with Crippen molar-refractivity contribution in [2.45, 2.75) is 37.6 Å². The first-order chi connectivity index (χ1) is 8.66. The smallest absolute Gasteiger partial charge is 0.248 e. The summed E-state index contributed by atoms with van der Waals surface area (Å²) in [5.41, 5.74) is 6.98. The van der Waals surface area contributed by atoms with E-state index in [2.05, 4.69) is 12.2 Å². The molecule has 1 aromatic rings. The normalized spacial score (nSPS) is 23.8. The molecule has 3 N–H and O–H groups in total. The Morgan fingerprint density at radius 1 is 1.56 bits per heavy atom. The summed E-state index contributed by atoms with van der Waals surface area (Å²) in [5.74, 6) is 0.912. The standard InChI is InChI=1S/C14H20N2OS/c1-10-13(6-3-7-18-10)16-9-11-4-2-5-12(8-11)14(15)17/h2,4-5,8,10,13,16H,3,6-7,9H2,1H3,(H2,15,17). The lowest BCUT2D eigenvalue weighted by Crippen LogP contribution is -2.38. The number of primary amides is 1. The molecule has 0 radical (unpaired) electrons. The number of nitrogens with two attached hydrogens (primary N) is 1. The fourth-order valence-electron chi connectivity index (χ4n) is 2.27. The zero-order chi connectivity index (χ0) is 13.0. The number of carbonyl (C=O) groups is 1. The first kappa shape index (κ1) is 13.4. The second-order valence-corrected chi connectivity index (χ2v) is 6.26. The molecule has 4 heteroatoms. The topological polar surface area (TPSA) is 55.1 Å². The van der Waals surface area contributed by atoms with Crippen molar-refractivity contribution in [3.05, 3.63) is 35.4 Å². The fraction of sp³-hybridized carbons (Fsp3) is 0.500. The van der Waals surface area contributed by atoms with Crippen LogP contribution in [0.15, 0.2) is 24.3 Å². The van der Waals surface area contributed by atoms with Gasteiger partial charge in [-0.3, -0.25) is 4.79 Å². The lowest BCUT2D eigenvalue weighted by Gasteiger charge is -2.29. The summed E-state index contributed by atoms with van der Waals surface area (Å²) >= 11 is 2.03. The van der Waals surface area contributed by atoms with Gasteiger partial charge in [0.2, 0.25) is 5.91 Å². The molecule has 0 spiro atoms. The second-order valence-electron chi connectivity index (χ2n) is 4.77. The van der Waals surface area contributed by atoms with Crippen molar-refractivity contribution in [1.29, 1.82) is 0 Å². The highest BCUT2D eigenvalue weighted by Crippen LogP contribution is 2.25. The van der Waals surface area contributed by atoms with E-state index < -0.39 is 0 Å². The molecule has 0 bridgehead atoms. The Kier molecular flexibility index (Phi) is 4.66. The summed E-state index contributed by atoms with van der Waals surface area (Å²) in [4.78, 5) is 11.1. The maximum atomic E-state index is 11.1. The van der Waals surface area contributed by atoms with Gasteiger partial charge in [0, 0.05) is 23.4 Å². The van der Waals surface area contributed by atoms with Gasteiger partial charge in [-0.05, 0) is 36.3 Å². The molecule has 1 saturated heterocycles. The SMILES string of the molecule is CC1SCCCC1NCc1cccc(C(N)=O)c1. The van der Waals surface area contributed by atoms with Crippen LogP contribution >= 0.6 is 11.8 Å². The van der Waals surface area contributed by atoms with E-state index in [1.165, 1.54) is 18.6 Å². The summed E-state index contributed by atoms with van der Waals surface area (Å²) in [6.07, 6.45) is 2.53. The first-order valence-corrected chi connectivity index (χ1v) is 7.45. The predicted molar refractivity (Wildman–Crippen MR) is 76.7 cm³/mol. The minimum atomic E-state index is -0.363. The van der Waals surface area contributed by atoms with Crippen molar-refractivity contribution in [3.63, 3.8) is 0 Å². The van der Waals surface area contributed by atoms with Gasteiger partial charge < -0.3 is 11.1 Å². The van der Waals surface area contributed by atoms with Gasteiger partial charge in [0.1, 0.15) is 0 Å². The molecule has 0 aromatic heterocycles. The Balaban J connectivity index is 1.93. The Morgan fingerprint density at radius 2 is 2.39 bits per heavy atom. The molecule has 1 fully saturated rings. The summed E-state index contributed by atoms with van der Waals surface area (Å²) in [7, 11) is 0. The van der Waals surface area contributed by atoms with Crippen LogP contribution in [0.2, 0.25) is 0 Å². The van der Waals surface area contributed by atoms with E-state index in [1.807, 2.05) is 30.0 Å². The highest BCUT2D eigenvalue weighted by Gasteiger charge is 2.20. The van der Waals surface area contributed by atoms with Crippen LogP contribution in [-0.2, 0) is 6.54 Å². The molecule has 98 valence electrons. The van der Waals surface area contributed by atoms with Crippen molar-refractivity contribution < 1.29 is 4.79 Å². The van der Waals surface area contributed by atoms with Gasteiger partial charge >= 0.3 is 0 Å². The predicted octanol–water partition coefficient (Wildman–Crippen LogP) is 2.16. The number of amides is 1. The van der Waals surface area contributed by atoms with Crippen molar-refractivity contribution >= 4 is 17.7 Å². The Bertz CT molecular complexity index is 422. The minimum absolute atomic E-state index is 0.363. The average Bonchev–Trinajstić information content (AvgIpc) is 2.38. The minimum Gasteiger partial charge on any atom is -0.366 e. The van der Waals surface area contributed by atoms with E-state index in [-0.39, 0.29) is 5.91 Å². The summed E-state index contributed by atoms with van der Waals surface area (Å²) in [6.45, 7) is 3.08. The highest BCUT2D eigenvalue weighted by molar-refractivity contribution is 7.99.